The average molecular weight is 318 g/mol. The number of benzene rings is 1. The maximum absolute atomic E-state index is 12.1. The van der Waals surface area contributed by atoms with E-state index in [0.29, 0.717) is 24.8 Å². The van der Waals surface area contributed by atoms with E-state index >= 15 is 0 Å². The van der Waals surface area contributed by atoms with Crippen molar-refractivity contribution >= 4 is 21.6 Å². The fourth-order valence-electron chi connectivity index (χ4n) is 1.90. The van der Waals surface area contributed by atoms with Gasteiger partial charge in [-0.15, -0.1) is 11.6 Å². The van der Waals surface area contributed by atoms with Crippen LogP contribution in [-0.4, -0.2) is 31.4 Å². The highest BCUT2D eigenvalue weighted by molar-refractivity contribution is 7.89. The molecule has 0 amide bonds. The Labute approximate surface area is 128 Å². The summed E-state index contributed by atoms with van der Waals surface area (Å²) in [6.07, 6.45) is 1.35. The molecule has 0 saturated heterocycles. The van der Waals surface area contributed by atoms with E-state index in [1.165, 1.54) is 9.87 Å². The Balaban J connectivity index is 2.62. The second-order valence-corrected chi connectivity index (χ2v) is 7.94. The van der Waals surface area contributed by atoms with Crippen LogP contribution in [-0.2, 0) is 16.6 Å². The smallest absolute Gasteiger partial charge is 0.212 e. The van der Waals surface area contributed by atoms with Gasteiger partial charge in [-0.1, -0.05) is 38.1 Å². The van der Waals surface area contributed by atoms with E-state index in [-0.39, 0.29) is 5.75 Å². The van der Waals surface area contributed by atoms with Crippen molar-refractivity contribution in [1.29, 1.82) is 0 Å². The van der Waals surface area contributed by atoms with E-state index in [1.807, 2.05) is 12.1 Å². The Kier molecular flexibility index (Phi) is 7.00. The third-order valence-electron chi connectivity index (χ3n) is 3.31. The number of alkyl halides is 1. The molecule has 0 aliphatic heterocycles. The summed E-state index contributed by atoms with van der Waals surface area (Å²) < 4.78 is 25.6. The molecule has 0 bridgehead atoms. The fraction of sp³-hybridized carbons (Fsp3) is 0.600. The molecule has 1 aromatic rings. The van der Waals surface area contributed by atoms with Crippen molar-refractivity contribution in [2.45, 2.75) is 39.2 Å². The second kappa shape index (κ2) is 8.01. The van der Waals surface area contributed by atoms with Crippen molar-refractivity contribution in [3.05, 3.63) is 35.4 Å². The summed E-state index contributed by atoms with van der Waals surface area (Å²) in [7, 11) is -1.55. The molecule has 0 saturated carbocycles. The van der Waals surface area contributed by atoms with Crippen LogP contribution in [0.25, 0.3) is 0 Å². The molecule has 1 rings (SSSR count). The zero-order valence-electron chi connectivity index (χ0n) is 12.5. The molecule has 0 aromatic heterocycles. The van der Waals surface area contributed by atoms with Gasteiger partial charge in [0.05, 0.1) is 5.75 Å². The molecule has 20 heavy (non-hydrogen) atoms. The van der Waals surface area contributed by atoms with Crippen molar-refractivity contribution in [2.75, 3.05) is 18.7 Å². The number of halogens is 1. The minimum atomic E-state index is -3.18. The highest BCUT2D eigenvalue weighted by Gasteiger charge is 2.17. The SMILES string of the molecule is CC(C)c1ccc(CN(C)S(=O)(=O)CCCCCl)cc1. The zero-order chi connectivity index (χ0) is 15.2. The number of rotatable bonds is 8. The molecule has 114 valence electrons. The van der Waals surface area contributed by atoms with Gasteiger partial charge in [-0.25, -0.2) is 12.7 Å². The number of hydrogen-bond donors (Lipinski definition) is 0. The van der Waals surface area contributed by atoms with E-state index in [4.69, 9.17) is 11.6 Å². The largest absolute Gasteiger partial charge is 0.214 e. The van der Waals surface area contributed by atoms with Crippen molar-refractivity contribution in [3.63, 3.8) is 0 Å². The molecule has 1 aromatic carbocycles. The summed E-state index contributed by atoms with van der Waals surface area (Å²) in [5, 5.41) is 0. The Hall–Kier alpha value is -0.580. The average Bonchev–Trinajstić information content (AvgIpc) is 2.39. The number of nitrogens with zero attached hydrogens (tertiary/aromatic N) is 1. The first-order valence-corrected chi connectivity index (χ1v) is 9.10. The van der Waals surface area contributed by atoms with Crippen LogP contribution >= 0.6 is 11.6 Å². The van der Waals surface area contributed by atoms with Crippen LogP contribution in [0.1, 0.15) is 43.7 Å². The van der Waals surface area contributed by atoms with Crippen molar-refractivity contribution < 1.29 is 8.42 Å². The molecule has 0 fully saturated rings. The predicted molar refractivity (Wildman–Crippen MR) is 85.7 cm³/mol. The van der Waals surface area contributed by atoms with Gasteiger partial charge < -0.3 is 0 Å². The molecule has 0 spiro atoms. The maximum atomic E-state index is 12.1. The third kappa shape index (κ3) is 5.43. The molecule has 0 atom stereocenters. The van der Waals surface area contributed by atoms with E-state index in [9.17, 15) is 8.42 Å². The van der Waals surface area contributed by atoms with Crippen LogP contribution in [0.2, 0.25) is 0 Å². The van der Waals surface area contributed by atoms with Gasteiger partial charge in [-0.05, 0) is 29.9 Å². The van der Waals surface area contributed by atoms with Crippen LogP contribution in [0.3, 0.4) is 0 Å². The molecule has 0 aliphatic rings. The lowest BCUT2D eigenvalue weighted by Gasteiger charge is -2.17. The maximum Gasteiger partial charge on any atom is 0.214 e. The lowest BCUT2D eigenvalue weighted by atomic mass is 10.0. The lowest BCUT2D eigenvalue weighted by molar-refractivity contribution is 0.465. The zero-order valence-corrected chi connectivity index (χ0v) is 14.0. The molecule has 5 heteroatoms. The number of unbranched alkanes of at least 4 members (excludes halogenated alkanes) is 1. The normalized spacial score (nSPS) is 12.3. The van der Waals surface area contributed by atoms with Gasteiger partial charge in [0.2, 0.25) is 10.0 Å². The molecular weight excluding hydrogens is 294 g/mol. The van der Waals surface area contributed by atoms with Gasteiger partial charge in [0.25, 0.3) is 0 Å². The van der Waals surface area contributed by atoms with Crippen molar-refractivity contribution in [2.24, 2.45) is 0 Å². The van der Waals surface area contributed by atoms with Crippen molar-refractivity contribution in [1.82, 2.24) is 4.31 Å². The Bertz CT molecular complexity index is 497. The Morgan fingerprint density at radius 1 is 1.15 bits per heavy atom. The predicted octanol–water partition coefficient (Wildman–Crippen LogP) is 3.59. The molecule has 0 aliphatic carbocycles. The Morgan fingerprint density at radius 3 is 2.25 bits per heavy atom. The van der Waals surface area contributed by atoms with E-state index < -0.39 is 10.0 Å². The van der Waals surface area contributed by atoms with E-state index in [0.717, 1.165) is 12.0 Å². The van der Waals surface area contributed by atoms with Gasteiger partial charge in [0, 0.05) is 19.5 Å². The standard InChI is InChI=1S/C15H24ClNO2S/c1-13(2)15-8-6-14(7-9-15)12-17(3)20(18,19)11-5-4-10-16/h6-9,13H,4-5,10-12H2,1-3H3. The summed E-state index contributed by atoms with van der Waals surface area (Å²) in [6, 6.07) is 8.13. The lowest BCUT2D eigenvalue weighted by Crippen LogP contribution is -2.28. The molecule has 0 radical (unpaired) electrons. The van der Waals surface area contributed by atoms with Crippen LogP contribution < -0.4 is 0 Å². The minimum absolute atomic E-state index is 0.167. The summed E-state index contributed by atoms with van der Waals surface area (Å²) in [5.74, 6) is 1.16. The van der Waals surface area contributed by atoms with Crippen LogP contribution in [0.5, 0.6) is 0 Å². The minimum Gasteiger partial charge on any atom is -0.212 e. The first-order valence-electron chi connectivity index (χ1n) is 6.95. The first-order chi connectivity index (χ1) is 9.36. The topological polar surface area (TPSA) is 37.4 Å². The van der Waals surface area contributed by atoms with Gasteiger partial charge >= 0.3 is 0 Å². The van der Waals surface area contributed by atoms with Gasteiger partial charge in [-0.3, -0.25) is 0 Å². The molecule has 0 heterocycles. The van der Waals surface area contributed by atoms with Gasteiger partial charge in [-0.2, -0.15) is 0 Å². The molecule has 0 unspecified atom stereocenters. The van der Waals surface area contributed by atoms with Gasteiger partial charge in [0.15, 0.2) is 0 Å². The number of hydrogen-bond acceptors (Lipinski definition) is 2. The van der Waals surface area contributed by atoms with Crippen LogP contribution in [0.15, 0.2) is 24.3 Å². The number of sulfonamides is 1. The first kappa shape index (κ1) is 17.5. The van der Waals surface area contributed by atoms with E-state index in [2.05, 4.69) is 26.0 Å². The molecule has 3 nitrogen and oxygen atoms in total. The summed E-state index contributed by atoms with van der Waals surface area (Å²) in [6.45, 7) is 4.70. The summed E-state index contributed by atoms with van der Waals surface area (Å²) in [4.78, 5) is 0. The molecule has 0 N–H and O–H groups in total. The second-order valence-electron chi connectivity index (χ2n) is 5.36. The summed E-state index contributed by atoms with van der Waals surface area (Å²) in [5.41, 5.74) is 2.28. The quantitative estimate of drug-likeness (QED) is 0.543. The molecular formula is C15H24ClNO2S. The van der Waals surface area contributed by atoms with Crippen LogP contribution in [0, 0.1) is 0 Å². The van der Waals surface area contributed by atoms with E-state index in [1.54, 1.807) is 7.05 Å². The monoisotopic (exact) mass is 317 g/mol. The van der Waals surface area contributed by atoms with Crippen molar-refractivity contribution in [3.8, 4) is 0 Å². The Morgan fingerprint density at radius 2 is 1.75 bits per heavy atom. The van der Waals surface area contributed by atoms with Crippen LogP contribution in [0.4, 0.5) is 0 Å². The third-order valence-corrected chi connectivity index (χ3v) is 5.46. The fourth-order valence-corrected chi connectivity index (χ4v) is 3.31. The summed E-state index contributed by atoms with van der Waals surface area (Å²) >= 11 is 5.57. The highest BCUT2D eigenvalue weighted by atomic mass is 35.5. The highest BCUT2D eigenvalue weighted by Crippen LogP contribution is 2.16. The van der Waals surface area contributed by atoms with Gasteiger partial charge in [0.1, 0.15) is 0 Å².